The molecular formula is C15H22. The van der Waals surface area contributed by atoms with E-state index in [0.717, 1.165) is 11.8 Å². The van der Waals surface area contributed by atoms with E-state index in [2.05, 4.69) is 39.0 Å². The summed E-state index contributed by atoms with van der Waals surface area (Å²) in [6, 6.07) is 0. The molecule has 0 heterocycles. The van der Waals surface area contributed by atoms with Gasteiger partial charge in [0.1, 0.15) is 0 Å². The van der Waals surface area contributed by atoms with E-state index in [4.69, 9.17) is 0 Å². The lowest BCUT2D eigenvalue weighted by atomic mass is 9.55. The first-order chi connectivity index (χ1) is 7.07. The summed E-state index contributed by atoms with van der Waals surface area (Å²) in [4.78, 5) is 0. The first-order valence-electron chi connectivity index (χ1n) is 6.43. The second-order valence-electron chi connectivity index (χ2n) is 6.46. The SMILES string of the molecule is CC1(C)[C@H]2CCC(C2)[C@@]1(C)C1=CC=CC1. The highest BCUT2D eigenvalue weighted by Gasteiger charge is 2.61. The van der Waals surface area contributed by atoms with E-state index in [0.29, 0.717) is 10.8 Å². The van der Waals surface area contributed by atoms with Crippen LogP contribution in [-0.4, -0.2) is 0 Å². The Morgan fingerprint density at radius 2 is 1.87 bits per heavy atom. The molecule has 3 atom stereocenters. The highest BCUT2D eigenvalue weighted by atomic mass is 14.6. The molecule has 3 aliphatic rings. The van der Waals surface area contributed by atoms with Crippen molar-refractivity contribution in [2.45, 2.75) is 46.5 Å². The quantitative estimate of drug-likeness (QED) is 0.593. The summed E-state index contributed by atoms with van der Waals surface area (Å²) >= 11 is 0. The summed E-state index contributed by atoms with van der Waals surface area (Å²) in [5.74, 6) is 1.94. The van der Waals surface area contributed by atoms with Gasteiger partial charge in [-0.15, -0.1) is 0 Å². The molecule has 0 aromatic carbocycles. The van der Waals surface area contributed by atoms with Crippen molar-refractivity contribution in [2.24, 2.45) is 22.7 Å². The molecular weight excluding hydrogens is 180 g/mol. The zero-order chi connectivity index (χ0) is 10.7. The lowest BCUT2D eigenvalue weighted by Gasteiger charge is -2.49. The highest BCUT2D eigenvalue weighted by Crippen LogP contribution is 2.69. The Bertz CT molecular complexity index is 345. The lowest BCUT2D eigenvalue weighted by Crippen LogP contribution is -2.41. The summed E-state index contributed by atoms with van der Waals surface area (Å²) in [6.45, 7) is 7.56. The van der Waals surface area contributed by atoms with Crippen LogP contribution in [0.4, 0.5) is 0 Å². The Morgan fingerprint density at radius 3 is 2.40 bits per heavy atom. The molecule has 0 aromatic heterocycles. The molecule has 15 heavy (non-hydrogen) atoms. The third-order valence-corrected chi connectivity index (χ3v) is 6.05. The van der Waals surface area contributed by atoms with Crippen molar-refractivity contribution in [1.29, 1.82) is 0 Å². The fourth-order valence-electron chi connectivity index (χ4n) is 4.62. The molecule has 0 aromatic rings. The fourth-order valence-corrected chi connectivity index (χ4v) is 4.62. The zero-order valence-electron chi connectivity index (χ0n) is 10.2. The molecule has 0 heteroatoms. The van der Waals surface area contributed by atoms with Gasteiger partial charge in [0.2, 0.25) is 0 Å². The van der Waals surface area contributed by atoms with Gasteiger partial charge in [0.15, 0.2) is 0 Å². The number of allylic oxidation sites excluding steroid dienone is 4. The van der Waals surface area contributed by atoms with Crippen LogP contribution in [0.2, 0.25) is 0 Å². The monoisotopic (exact) mass is 202 g/mol. The Labute approximate surface area is 93.5 Å². The summed E-state index contributed by atoms with van der Waals surface area (Å²) in [7, 11) is 0. The van der Waals surface area contributed by atoms with E-state index in [-0.39, 0.29) is 0 Å². The van der Waals surface area contributed by atoms with Gasteiger partial charge >= 0.3 is 0 Å². The average molecular weight is 202 g/mol. The fraction of sp³-hybridized carbons (Fsp3) is 0.733. The minimum atomic E-state index is 0.486. The smallest absolute Gasteiger partial charge is 0.00281 e. The van der Waals surface area contributed by atoms with Crippen LogP contribution in [-0.2, 0) is 0 Å². The maximum atomic E-state index is 2.54. The van der Waals surface area contributed by atoms with Crippen molar-refractivity contribution in [2.75, 3.05) is 0 Å². The van der Waals surface area contributed by atoms with Crippen LogP contribution in [0.15, 0.2) is 23.8 Å². The summed E-state index contributed by atoms with van der Waals surface area (Å²) < 4.78 is 0. The second-order valence-corrected chi connectivity index (χ2v) is 6.46. The van der Waals surface area contributed by atoms with Crippen molar-refractivity contribution < 1.29 is 0 Å². The largest absolute Gasteiger partial charge is 0.0804 e. The van der Waals surface area contributed by atoms with Gasteiger partial charge in [-0.3, -0.25) is 0 Å². The minimum Gasteiger partial charge on any atom is -0.0804 e. The van der Waals surface area contributed by atoms with Gasteiger partial charge in [-0.2, -0.15) is 0 Å². The van der Waals surface area contributed by atoms with Crippen LogP contribution in [0.5, 0.6) is 0 Å². The van der Waals surface area contributed by atoms with E-state index in [1.807, 2.05) is 0 Å². The summed E-state index contributed by atoms with van der Waals surface area (Å²) in [5.41, 5.74) is 2.72. The molecule has 3 aliphatic carbocycles. The van der Waals surface area contributed by atoms with E-state index < -0.39 is 0 Å². The summed E-state index contributed by atoms with van der Waals surface area (Å²) in [5, 5.41) is 0. The Balaban J connectivity index is 2.03. The number of fused-ring (bicyclic) bond motifs is 2. The Kier molecular flexibility index (Phi) is 1.80. The van der Waals surface area contributed by atoms with Crippen LogP contribution in [0.3, 0.4) is 0 Å². The maximum Gasteiger partial charge on any atom is -0.00281 e. The number of hydrogen-bond donors (Lipinski definition) is 0. The lowest BCUT2D eigenvalue weighted by molar-refractivity contribution is 0.0546. The van der Waals surface area contributed by atoms with Crippen molar-refractivity contribution in [3.63, 3.8) is 0 Å². The average Bonchev–Trinajstić information content (AvgIpc) is 2.88. The first kappa shape index (κ1) is 9.69. The molecule has 0 amide bonds. The standard InChI is InChI=1S/C15H22/c1-14(2)12-8-9-13(10-12)15(14,3)11-6-4-5-7-11/h4-6,12-13H,7-10H2,1-3H3/t12-,13?,15+/m0/s1. The molecule has 82 valence electrons. The van der Waals surface area contributed by atoms with Crippen LogP contribution in [0.1, 0.15) is 46.5 Å². The molecule has 1 unspecified atom stereocenters. The molecule has 0 spiro atoms. The third-order valence-electron chi connectivity index (χ3n) is 6.05. The highest BCUT2D eigenvalue weighted by molar-refractivity contribution is 5.34. The van der Waals surface area contributed by atoms with E-state index in [9.17, 15) is 0 Å². The number of rotatable bonds is 1. The topological polar surface area (TPSA) is 0 Å². The van der Waals surface area contributed by atoms with Gasteiger partial charge in [-0.05, 0) is 48.3 Å². The van der Waals surface area contributed by atoms with E-state index in [1.165, 1.54) is 25.7 Å². The van der Waals surface area contributed by atoms with Gasteiger partial charge in [-0.25, -0.2) is 0 Å². The van der Waals surface area contributed by atoms with Gasteiger partial charge in [0.25, 0.3) is 0 Å². The molecule has 0 nitrogen and oxygen atoms in total. The predicted octanol–water partition coefficient (Wildman–Crippen LogP) is 4.34. The molecule has 0 aliphatic heterocycles. The van der Waals surface area contributed by atoms with Crippen molar-refractivity contribution in [3.8, 4) is 0 Å². The van der Waals surface area contributed by atoms with Crippen LogP contribution >= 0.6 is 0 Å². The van der Waals surface area contributed by atoms with Crippen LogP contribution < -0.4 is 0 Å². The maximum absolute atomic E-state index is 2.54. The molecule has 0 saturated heterocycles. The predicted molar refractivity (Wildman–Crippen MR) is 64.6 cm³/mol. The second kappa shape index (κ2) is 2.78. The van der Waals surface area contributed by atoms with Crippen LogP contribution in [0.25, 0.3) is 0 Å². The van der Waals surface area contributed by atoms with Crippen LogP contribution in [0, 0.1) is 22.7 Å². The van der Waals surface area contributed by atoms with Crippen molar-refractivity contribution >= 4 is 0 Å². The van der Waals surface area contributed by atoms with Gasteiger partial charge in [0.05, 0.1) is 0 Å². The normalized spacial score (nSPS) is 46.2. The Morgan fingerprint density at radius 1 is 1.13 bits per heavy atom. The molecule has 2 bridgehead atoms. The molecule has 0 N–H and O–H groups in total. The molecule has 0 radical (unpaired) electrons. The van der Waals surface area contributed by atoms with E-state index in [1.54, 1.807) is 5.57 Å². The molecule has 2 saturated carbocycles. The van der Waals surface area contributed by atoms with Crippen molar-refractivity contribution in [3.05, 3.63) is 23.8 Å². The van der Waals surface area contributed by atoms with Gasteiger partial charge in [0, 0.05) is 0 Å². The van der Waals surface area contributed by atoms with E-state index >= 15 is 0 Å². The third kappa shape index (κ3) is 0.984. The zero-order valence-corrected chi connectivity index (χ0v) is 10.2. The van der Waals surface area contributed by atoms with Crippen molar-refractivity contribution in [1.82, 2.24) is 0 Å². The molecule has 2 fully saturated rings. The summed E-state index contributed by atoms with van der Waals surface area (Å²) in [6.07, 6.45) is 12.6. The van der Waals surface area contributed by atoms with Gasteiger partial charge < -0.3 is 0 Å². The first-order valence-corrected chi connectivity index (χ1v) is 6.43. The van der Waals surface area contributed by atoms with Gasteiger partial charge in [-0.1, -0.05) is 44.6 Å². The number of hydrogen-bond acceptors (Lipinski definition) is 0. The minimum absolute atomic E-state index is 0.486. The Hall–Kier alpha value is -0.520. The molecule has 3 rings (SSSR count).